The van der Waals surface area contributed by atoms with E-state index in [9.17, 15) is 14.7 Å². The molecule has 52 heavy (non-hydrogen) atoms. The van der Waals surface area contributed by atoms with E-state index in [0.29, 0.717) is 17.1 Å². The summed E-state index contributed by atoms with van der Waals surface area (Å²) >= 11 is 0. The number of hydrogen-bond donors (Lipinski definition) is 2. The number of amides is 1. The van der Waals surface area contributed by atoms with E-state index in [1.54, 1.807) is 6.20 Å². The second-order valence-electron chi connectivity index (χ2n) is 13.5. The fourth-order valence-electron chi connectivity index (χ4n) is 6.17. The molecule has 0 spiro atoms. The van der Waals surface area contributed by atoms with Gasteiger partial charge < -0.3 is 10.4 Å². The molecule has 1 aliphatic carbocycles. The summed E-state index contributed by atoms with van der Waals surface area (Å²) in [6, 6.07) is 32.5. The Kier molecular flexibility index (Phi) is 11.2. The van der Waals surface area contributed by atoms with Crippen molar-refractivity contribution in [2.45, 2.75) is 65.8 Å². The van der Waals surface area contributed by atoms with Crippen molar-refractivity contribution >= 4 is 11.9 Å². The highest BCUT2D eigenvalue weighted by Gasteiger charge is 2.20. The largest absolute Gasteiger partial charge is 0.476 e. The van der Waals surface area contributed by atoms with Crippen molar-refractivity contribution in [3.05, 3.63) is 143 Å². The zero-order chi connectivity index (χ0) is 36.6. The molecule has 1 aliphatic rings. The topological polar surface area (TPSA) is 118 Å². The van der Waals surface area contributed by atoms with Crippen LogP contribution in [0.3, 0.4) is 0 Å². The number of carboxylic acid groups (broad SMARTS) is 1. The van der Waals surface area contributed by atoms with Crippen LogP contribution in [-0.4, -0.2) is 43.0 Å². The van der Waals surface area contributed by atoms with Crippen molar-refractivity contribution in [2.75, 3.05) is 0 Å². The molecule has 0 aliphatic heterocycles. The third-order valence-corrected chi connectivity index (χ3v) is 9.24. The molecule has 4 aromatic carbocycles. The number of aromatic carboxylic acids is 1. The number of aromatic nitrogens is 4. The summed E-state index contributed by atoms with van der Waals surface area (Å²) in [5.41, 5.74) is 11.5. The second-order valence-corrected chi connectivity index (χ2v) is 13.5. The molecule has 1 amide bonds. The van der Waals surface area contributed by atoms with E-state index in [1.807, 2.05) is 74.5 Å². The minimum Gasteiger partial charge on any atom is -0.476 e. The summed E-state index contributed by atoms with van der Waals surface area (Å²) in [5.74, 6) is -1.21. The van der Waals surface area contributed by atoms with Crippen molar-refractivity contribution in [2.24, 2.45) is 0 Å². The Labute approximate surface area is 305 Å². The van der Waals surface area contributed by atoms with Gasteiger partial charge in [-0.1, -0.05) is 139 Å². The van der Waals surface area contributed by atoms with Crippen molar-refractivity contribution in [1.82, 2.24) is 25.3 Å². The molecule has 6 aromatic rings. The molecule has 262 valence electrons. The standard InChI is InChI=1S/C25H27N3O.C19H16N2O2/c1-17-8-12-19(13-9-17)23-24(20-14-10-18(2)11-15-20)28-22(16-26-23)25(29)27-21-6-4-3-5-7-21;1-12-3-7-14(8-4-12)17-18(15-9-5-13(2)6-10-15)21-16(11-20-17)19(22)23/h8-16,21H,3-7H2,1-2H3,(H,27,29);3-11H,1-2H3,(H,22,23). The molecule has 2 N–H and O–H groups in total. The highest BCUT2D eigenvalue weighted by Crippen LogP contribution is 2.31. The van der Waals surface area contributed by atoms with E-state index < -0.39 is 5.97 Å². The Morgan fingerprint density at radius 3 is 1.25 bits per heavy atom. The first-order valence-corrected chi connectivity index (χ1v) is 17.7. The minimum atomic E-state index is -1.08. The van der Waals surface area contributed by atoms with Gasteiger partial charge in [0.15, 0.2) is 5.69 Å². The van der Waals surface area contributed by atoms with E-state index in [1.165, 1.54) is 36.6 Å². The summed E-state index contributed by atoms with van der Waals surface area (Å²) in [6.45, 7) is 8.15. The van der Waals surface area contributed by atoms with Crippen molar-refractivity contribution in [3.63, 3.8) is 0 Å². The van der Waals surface area contributed by atoms with Gasteiger partial charge in [0.1, 0.15) is 5.69 Å². The van der Waals surface area contributed by atoms with Gasteiger partial charge >= 0.3 is 5.97 Å². The Balaban J connectivity index is 0.000000183. The fraction of sp³-hybridized carbons (Fsp3) is 0.227. The van der Waals surface area contributed by atoms with Crippen LogP contribution in [0, 0.1) is 27.7 Å². The summed E-state index contributed by atoms with van der Waals surface area (Å²) in [7, 11) is 0. The minimum absolute atomic E-state index is 0.0589. The first-order chi connectivity index (χ1) is 25.1. The zero-order valence-corrected chi connectivity index (χ0v) is 30.1. The van der Waals surface area contributed by atoms with Crippen LogP contribution in [0.2, 0.25) is 0 Å². The number of carbonyl (C=O) groups excluding carboxylic acids is 1. The van der Waals surface area contributed by atoms with Crippen LogP contribution in [-0.2, 0) is 0 Å². The maximum Gasteiger partial charge on any atom is 0.356 e. The average Bonchev–Trinajstić information content (AvgIpc) is 3.16. The molecule has 0 saturated heterocycles. The predicted molar refractivity (Wildman–Crippen MR) is 206 cm³/mol. The molecule has 0 radical (unpaired) electrons. The van der Waals surface area contributed by atoms with E-state index in [4.69, 9.17) is 4.98 Å². The van der Waals surface area contributed by atoms with Crippen molar-refractivity contribution < 1.29 is 14.7 Å². The highest BCUT2D eigenvalue weighted by molar-refractivity contribution is 5.93. The lowest BCUT2D eigenvalue weighted by atomic mass is 9.95. The molecule has 2 aromatic heterocycles. The third-order valence-electron chi connectivity index (χ3n) is 9.24. The number of carbonyl (C=O) groups is 2. The Morgan fingerprint density at radius 1 is 0.519 bits per heavy atom. The van der Waals surface area contributed by atoms with E-state index >= 15 is 0 Å². The molecule has 0 atom stereocenters. The first-order valence-electron chi connectivity index (χ1n) is 17.7. The molecule has 0 bridgehead atoms. The number of carboxylic acids is 1. The van der Waals surface area contributed by atoms with Gasteiger partial charge in [-0.15, -0.1) is 0 Å². The number of aryl methyl sites for hydroxylation is 4. The lowest BCUT2D eigenvalue weighted by Gasteiger charge is -2.22. The number of benzene rings is 4. The Hall–Kier alpha value is -6.02. The molecule has 2 heterocycles. The molecule has 1 fully saturated rings. The molecule has 8 nitrogen and oxygen atoms in total. The highest BCUT2D eigenvalue weighted by atomic mass is 16.4. The second kappa shape index (κ2) is 16.3. The monoisotopic (exact) mass is 689 g/mol. The van der Waals surface area contributed by atoms with Gasteiger partial charge in [-0.3, -0.25) is 14.8 Å². The first kappa shape index (κ1) is 35.8. The van der Waals surface area contributed by atoms with Gasteiger partial charge in [0.05, 0.1) is 35.2 Å². The van der Waals surface area contributed by atoms with Crippen LogP contribution in [0.4, 0.5) is 0 Å². The number of rotatable bonds is 7. The van der Waals surface area contributed by atoms with Crippen LogP contribution in [0.25, 0.3) is 45.0 Å². The van der Waals surface area contributed by atoms with E-state index in [-0.39, 0.29) is 17.6 Å². The normalized spacial score (nSPS) is 12.8. The van der Waals surface area contributed by atoms with Gasteiger partial charge in [-0.25, -0.2) is 14.8 Å². The summed E-state index contributed by atoms with van der Waals surface area (Å²) < 4.78 is 0. The predicted octanol–water partition coefficient (Wildman–Crippen LogP) is 9.62. The fourth-order valence-corrected chi connectivity index (χ4v) is 6.17. The van der Waals surface area contributed by atoms with E-state index in [0.717, 1.165) is 57.6 Å². The Morgan fingerprint density at radius 2 is 0.865 bits per heavy atom. The van der Waals surface area contributed by atoms with Gasteiger partial charge in [-0.05, 0) is 40.5 Å². The van der Waals surface area contributed by atoms with Gasteiger partial charge in [0.2, 0.25) is 0 Å². The van der Waals surface area contributed by atoms with Crippen LogP contribution < -0.4 is 5.32 Å². The summed E-state index contributed by atoms with van der Waals surface area (Å²) in [4.78, 5) is 42.2. The summed E-state index contributed by atoms with van der Waals surface area (Å²) in [5, 5.41) is 12.3. The van der Waals surface area contributed by atoms with Crippen LogP contribution >= 0.6 is 0 Å². The maximum absolute atomic E-state index is 12.8. The SMILES string of the molecule is Cc1ccc(-c2ncc(C(=O)NC3CCCCC3)nc2-c2ccc(C)cc2)cc1.Cc1ccc(-c2ncc(C(=O)O)nc2-c2ccc(C)cc2)cc1. The molecular formula is C44H43N5O3. The van der Waals surface area contributed by atoms with Gasteiger partial charge in [0, 0.05) is 28.3 Å². The number of nitrogens with zero attached hydrogens (tertiary/aromatic N) is 4. The lowest BCUT2D eigenvalue weighted by Crippen LogP contribution is -2.36. The molecule has 7 rings (SSSR count). The quantitative estimate of drug-likeness (QED) is 0.171. The van der Waals surface area contributed by atoms with Crippen LogP contribution in [0.15, 0.2) is 109 Å². The average molecular weight is 690 g/mol. The van der Waals surface area contributed by atoms with E-state index in [2.05, 4.69) is 70.5 Å². The zero-order valence-electron chi connectivity index (χ0n) is 30.1. The van der Waals surface area contributed by atoms with Gasteiger partial charge in [0.25, 0.3) is 5.91 Å². The van der Waals surface area contributed by atoms with Crippen LogP contribution in [0.5, 0.6) is 0 Å². The lowest BCUT2D eigenvalue weighted by molar-refractivity contribution is 0.0689. The van der Waals surface area contributed by atoms with Crippen molar-refractivity contribution in [3.8, 4) is 45.0 Å². The van der Waals surface area contributed by atoms with Crippen LogP contribution in [0.1, 0.15) is 75.3 Å². The van der Waals surface area contributed by atoms with Gasteiger partial charge in [-0.2, -0.15) is 0 Å². The number of nitrogens with one attached hydrogen (secondary N) is 1. The molecular weight excluding hydrogens is 647 g/mol. The smallest absolute Gasteiger partial charge is 0.356 e. The molecule has 8 heteroatoms. The van der Waals surface area contributed by atoms with Crippen molar-refractivity contribution in [1.29, 1.82) is 0 Å². The number of hydrogen-bond acceptors (Lipinski definition) is 6. The summed E-state index contributed by atoms with van der Waals surface area (Å²) in [6.07, 6.45) is 8.61. The molecule has 1 saturated carbocycles. The molecule has 0 unspecified atom stereocenters. The Bertz CT molecular complexity index is 2160. The maximum atomic E-state index is 12.8. The third kappa shape index (κ3) is 8.82.